The molecular formula is C4H7N5. The molecule has 0 fully saturated rings. The predicted molar refractivity (Wildman–Crippen MR) is 32.9 cm³/mol. The summed E-state index contributed by atoms with van der Waals surface area (Å²) < 4.78 is 0. The van der Waals surface area contributed by atoms with Gasteiger partial charge in [-0.05, 0) is 0 Å². The molecule has 0 aliphatic heterocycles. The summed E-state index contributed by atoms with van der Waals surface area (Å²) in [5, 5.41) is 0.910. The van der Waals surface area contributed by atoms with E-state index in [1.807, 2.05) is 0 Å². The zero-order valence-electron chi connectivity index (χ0n) is 4.73. The zero-order valence-corrected chi connectivity index (χ0v) is 4.73. The van der Waals surface area contributed by atoms with Gasteiger partial charge in [0.25, 0.3) is 0 Å². The first-order chi connectivity index (χ1) is 4.30. The highest BCUT2D eigenvalue weighted by atomic mass is 15.6. The van der Waals surface area contributed by atoms with Gasteiger partial charge in [0.2, 0.25) is 0 Å². The van der Waals surface area contributed by atoms with E-state index in [0.717, 1.165) is 5.12 Å². The van der Waals surface area contributed by atoms with Crippen LogP contribution in [0.5, 0.6) is 0 Å². The van der Waals surface area contributed by atoms with Crippen molar-refractivity contribution in [2.75, 3.05) is 5.12 Å². The Morgan fingerprint density at radius 3 is 2.44 bits per heavy atom. The molecule has 0 aliphatic carbocycles. The van der Waals surface area contributed by atoms with E-state index in [0.29, 0.717) is 5.82 Å². The maximum atomic E-state index is 5.12. The van der Waals surface area contributed by atoms with Gasteiger partial charge >= 0.3 is 0 Å². The number of aromatic nitrogens is 2. The number of anilines is 1. The normalized spacial score (nSPS) is 9.11. The standard InChI is InChI=1S/C4H7N5/c5-9(6)4-3-7-1-2-8-4/h1-3H,5-6H2. The van der Waals surface area contributed by atoms with Crippen LogP contribution in [0.3, 0.4) is 0 Å². The fourth-order valence-electron chi connectivity index (χ4n) is 0.425. The number of nitrogens with two attached hydrogens (primary N) is 2. The molecule has 5 nitrogen and oxygen atoms in total. The van der Waals surface area contributed by atoms with Gasteiger partial charge in [-0.25, -0.2) is 21.8 Å². The van der Waals surface area contributed by atoms with E-state index in [1.54, 1.807) is 6.20 Å². The van der Waals surface area contributed by atoms with Gasteiger partial charge in [0, 0.05) is 12.4 Å². The van der Waals surface area contributed by atoms with Crippen LogP contribution in [-0.4, -0.2) is 9.97 Å². The minimum absolute atomic E-state index is 0.442. The van der Waals surface area contributed by atoms with Crippen LogP contribution in [0.1, 0.15) is 0 Å². The molecule has 0 radical (unpaired) electrons. The number of hydrogen-bond acceptors (Lipinski definition) is 5. The van der Waals surface area contributed by atoms with Crippen LogP contribution in [-0.2, 0) is 0 Å². The number of nitrogens with zero attached hydrogens (tertiary/aromatic N) is 3. The number of hydrogen-bond donors (Lipinski definition) is 2. The van der Waals surface area contributed by atoms with Crippen molar-refractivity contribution in [2.45, 2.75) is 0 Å². The highest BCUT2D eigenvalue weighted by Gasteiger charge is 1.92. The lowest BCUT2D eigenvalue weighted by Crippen LogP contribution is -2.38. The molecule has 0 amide bonds. The summed E-state index contributed by atoms with van der Waals surface area (Å²) in [6.45, 7) is 0. The maximum Gasteiger partial charge on any atom is 0.176 e. The van der Waals surface area contributed by atoms with Crippen LogP contribution in [0.4, 0.5) is 5.82 Å². The Morgan fingerprint density at radius 1 is 1.33 bits per heavy atom. The summed E-state index contributed by atoms with van der Waals surface area (Å²) in [7, 11) is 0. The van der Waals surface area contributed by atoms with Gasteiger partial charge < -0.3 is 0 Å². The maximum absolute atomic E-state index is 5.12. The van der Waals surface area contributed by atoms with E-state index in [1.165, 1.54) is 12.4 Å². The molecule has 5 heteroatoms. The molecule has 0 bridgehead atoms. The van der Waals surface area contributed by atoms with Gasteiger partial charge in [0.05, 0.1) is 6.20 Å². The molecule has 0 saturated carbocycles. The van der Waals surface area contributed by atoms with Crippen molar-refractivity contribution in [3.63, 3.8) is 0 Å². The highest BCUT2D eigenvalue weighted by Crippen LogP contribution is 1.95. The second-order valence-electron chi connectivity index (χ2n) is 1.47. The molecule has 0 spiro atoms. The summed E-state index contributed by atoms with van der Waals surface area (Å²) in [6.07, 6.45) is 4.54. The molecule has 4 N–H and O–H groups in total. The van der Waals surface area contributed by atoms with E-state index in [-0.39, 0.29) is 0 Å². The summed E-state index contributed by atoms with van der Waals surface area (Å²) in [4.78, 5) is 7.53. The van der Waals surface area contributed by atoms with E-state index in [2.05, 4.69) is 9.97 Å². The molecule has 1 heterocycles. The van der Waals surface area contributed by atoms with Crippen molar-refractivity contribution < 1.29 is 0 Å². The van der Waals surface area contributed by atoms with Gasteiger partial charge in [0.1, 0.15) is 0 Å². The van der Waals surface area contributed by atoms with Gasteiger partial charge in [0.15, 0.2) is 5.82 Å². The molecule has 0 atom stereocenters. The van der Waals surface area contributed by atoms with Crippen molar-refractivity contribution >= 4 is 5.82 Å². The van der Waals surface area contributed by atoms with Gasteiger partial charge in [-0.2, -0.15) is 0 Å². The van der Waals surface area contributed by atoms with Crippen LogP contribution in [0.25, 0.3) is 0 Å². The quantitative estimate of drug-likeness (QED) is 0.373. The first-order valence-corrected chi connectivity index (χ1v) is 2.36. The fraction of sp³-hybridized carbons (Fsp3) is 0. The molecule has 0 saturated heterocycles. The van der Waals surface area contributed by atoms with Gasteiger partial charge in [-0.3, -0.25) is 4.98 Å². The molecule has 1 aromatic heterocycles. The van der Waals surface area contributed by atoms with Crippen molar-refractivity contribution in [1.29, 1.82) is 0 Å². The average Bonchev–Trinajstić information content (AvgIpc) is 1.90. The second-order valence-corrected chi connectivity index (χ2v) is 1.47. The first-order valence-electron chi connectivity index (χ1n) is 2.36. The lowest BCUT2D eigenvalue weighted by atomic mass is 10.7. The monoisotopic (exact) mass is 125 g/mol. The molecule has 0 aromatic carbocycles. The van der Waals surface area contributed by atoms with Crippen LogP contribution >= 0.6 is 0 Å². The Bertz CT molecular complexity index is 172. The summed E-state index contributed by atoms with van der Waals surface area (Å²) in [6, 6.07) is 0. The Kier molecular flexibility index (Phi) is 1.57. The molecule has 9 heavy (non-hydrogen) atoms. The Hall–Kier alpha value is -1.20. The van der Waals surface area contributed by atoms with E-state index in [9.17, 15) is 0 Å². The van der Waals surface area contributed by atoms with Crippen molar-refractivity contribution in [2.24, 2.45) is 11.7 Å². The van der Waals surface area contributed by atoms with E-state index < -0.39 is 0 Å². The van der Waals surface area contributed by atoms with E-state index >= 15 is 0 Å². The van der Waals surface area contributed by atoms with Crippen LogP contribution in [0.15, 0.2) is 18.6 Å². The van der Waals surface area contributed by atoms with E-state index in [4.69, 9.17) is 11.7 Å². The lowest BCUT2D eigenvalue weighted by molar-refractivity contribution is 0.887. The average molecular weight is 125 g/mol. The van der Waals surface area contributed by atoms with Crippen molar-refractivity contribution in [1.82, 2.24) is 9.97 Å². The summed E-state index contributed by atoms with van der Waals surface area (Å²) in [5.41, 5.74) is 0. The largest absolute Gasteiger partial charge is 0.259 e. The minimum atomic E-state index is 0.442. The molecule has 0 unspecified atom stereocenters. The Morgan fingerprint density at radius 2 is 2.11 bits per heavy atom. The second kappa shape index (κ2) is 2.38. The van der Waals surface area contributed by atoms with Gasteiger partial charge in [-0.15, -0.1) is 0 Å². The lowest BCUT2D eigenvalue weighted by Gasteiger charge is -2.06. The first kappa shape index (κ1) is 5.93. The molecule has 0 aliphatic rings. The Labute approximate surface area is 52.3 Å². The third-order valence-electron chi connectivity index (χ3n) is 0.814. The Balaban J connectivity index is 2.85. The smallest absolute Gasteiger partial charge is 0.176 e. The van der Waals surface area contributed by atoms with Crippen molar-refractivity contribution in [3.05, 3.63) is 18.6 Å². The third-order valence-corrected chi connectivity index (χ3v) is 0.814. The van der Waals surface area contributed by atoms with Crippen LogP contribution in [0.2, 0.25) is 0 Å². The fourth-order valence-corrected chi connectivity index (χ4v) is 0.425. The number of hydrazine groups is 2. The zero-order chi connectivity index (χ0) is 6.69. The molecular weight excluding hydrogens is 118 g/mol. The third kappa shape index (κ3) is 1.34. The molecule has 48 valence electrons. The summed E-state index contributed by atoms with van der Waals surface area (Å²) >= 11 is 0. The van der Waals surface area contributed by atoms with Crippen LogP contribution < -0.4 is 16.8 Å². The highest BCUT2D eigenvalue weighted by molar-refractivity contribution is 5.29. The minimum Gasteiger partial charge on any atom is -0.259 e. The molecule has 1 aromatic rings. The van der Waals surface area contributed by atoms with Crippen molar-refractivity contribution in [3.8, 4) is 0 Å². The topological polar surface area (TPSA) is 81.1 Å². The molecule has 1 rings (SSSR count). The van der Waals surface area contributed by atoms with Crippen LogP contribution in [0, 0.1) is 0 Å². The predicted octanol–water partition coefficient (Wildman–Crippen LogP) is -0.970. The van der Waals surface area contributed by atoms with Gasteiger partial charge in [-0.1, -0.05) is 0 Å². The SMILES string of the molecule is NN(N)c1cnccn1. The summed E-state index contributed by atoms with van der Waals surface area (Å²) in [5.74, 6) is 10.7. The number of rotatable bonds is 1.